The van der Waals surface area contributed by atoms with Crippen LogP contribution in [0.25, 0.3) is 0 Å². The highest BCUT2D eigenvalue weighted by molar-refractivity contribution is 5.99. The van der Waals surface area contributed by atoms with Crippen LogP contribution in [-0.4, -0.2) is 27.5 Å². The number of nitrogens with zero attached hydrogens (tertiary/aromatic N) is 2. The Labute approximate surface area is 189 Å². The molecule has 0 atom stereocenters. The van der Waals surface area contributed by atoms with Crippen LogP contribution in [-0.2, 0) is 17.5 Å². The number of nitrogen functional groups attached to an aromatic ring is 1. The average Bonchev–Trinajstić information content (AvgIpc) is 3.44. The zero-order chi connectivity index (χ0) is 24.5. The number of nitrogens with two attached hydrogens (primary N) is 1. The summed E-state index contributed by atoms with van der Waals surface area (Å²) < 4.78 is 57.5. The van der Waals surface area contributed by atoms with Crippen LogP contribution in [0.4, 0.5) is 34.8 Å². The summed E-state index contributed by atoms with van der Waals surface area (Å²) in [5.41, 5.74) is 3.54. The lowest BCUT2D eigenvalue weighted by Gasteiger charge is -2.16. The number of alkyl halides is 3. The molecule has 0 bridgehead atoms. The third kappa shape index (κ3) is 5.08. The van der Waals surface area contributed by atoms with E-state index in [4.69, 9.17) is 10.3 Å². The van der Waals surface area contributed by atoms with Crippen LogP contribution < -0.4 is 21.7 Å². The van der Waals surface area contributed by atoms with E-state index in [-0.39, 0.29) is 29.5 Å². The van der Waals surface area contributed by atoms with Gasteiger partial charge >= 0.3 is 6.18 Å². The molecule has 1 fully saturated rings. The third-order valence-electron chi connectivity index (χ3n) is 5.11. The van der Waals surface area contributed by atoms with Crippen LogP contribution in [0.2, 0.25) is 0 Å². The molecule has 13 heteroatoms. The number of nitrogens with one attached hydrogen (secondary N) is 3. The standard InChI is InChI=1S/C21H18F4N6O3/c22-11-1-4-15(14(7-11)21(23,24)25)29-13-3-2-12(27-10-13)9-28-19(33)20(5-6-20)30-18(32)16-8-17(26)31-34-16/h1-4,7-8,10,29H,5-6,9H2,(H2,26,31)(H,28,33)(H,30,32). The van der Waals surface area contributed by atoms with Crippen molar-refractivity contribution in [1.82, 2.24) is 20.8 Å². The van der Waals surface area contributed by atoms with E-state index < -0.39 is 34.9 Å². The molecule has 1 aromatic carbocycles. The summed E-state index contributed by atoms with van der Waals surface area (Å²) in [7, 11) is 0. The number of pyridine rings is 1. The second-order valence-electron chi connectivity index (χ2n) is 7.69. The van der Waals surface area contributed by atoms with E-state index in [9.17, 15) is 27.2 Å². The summed E-state index contributed by atoms with van der Waals surface area (Å²) in [6.45, 7) is 0.0241. The molecule has 2 heterocycles. The monoisotopic (exact) mass is 478 g/mol. The van der Waals surface area contributed by atoms with E-state index in [1.807, 2.05) is 0 Å². The van der Waals surface area contributed by atoms with Crippen molar-refractivity contribution in [3.05, 3.63) is 65.4 Å². The number of amides is 2. The SMILES string of the molecule is Nc1cc(C(=O)NC2(C(=O)NCc3ccc(Nc4ccc(F)cc4C(F)(F)F)cn3)CC2)on1. The predicted molar refractivity (Wildman–Crippen MR) is 111 cm³/mol. The molecule has 0 spiro atoms. The molecule has 2 amide bonds. The van der Waals surface area contributed by atoms with Crippen molar-refractivity contribution in [2.75, 3.05) is 11.1 Å². The zero-order valence-corrected chi connectivity index (χ0v) is 17.4. The van der Waals surface area contributed by atoms with Gasteiger partial charge in [0, 0.05) is 6.07 Å². The summed E-state index contributed by atoms with van der Waals surface area (Å²) in [4.78, 5) is 28.9. The van der Waals surface area contributed by atoms with Gasteiger partial charge in [-0.05, 0) is 43.2 Å². The Morgan fingerprint density at radius 3 is 2.50 bits per heavy atom. The van der Waals surface area contributed by atoms with Crippen LogP contribution in [0, 0.1) is 5.82 Å². The van der Waals surface area contributed by atoms with Gasteiger partial charge in [0.1, 0.15) is 11.4 Å². The van der Waals surface area contributed by atoms with Gasteiger partial charge in [-0.1, -0.05) is 5.16 Å². The van der Waals surface area contributed by atoms with Gasteiger partial charge in [-0.25, -0.2) is 4.39 Å². The number of halogens is 4. The Hall–Kier alpha value is -4.16. The summed E-state index contributed by atoms with van der Waals surface area (Å²) in [5.74, 6) is -2.12. The number of carbonyl (C=O) groups is 2. The maximum absolute atomic E-state index is 13.3. The van der Waals surface area contributed by atoms with Crippen molar-refractivity contribution in [1.29, 1.82) is 0 Å². The van der Waals surface area contributed by atoms with E-state index in [0.717, 1.165) is 12.1 Å². The average molecular weight is 478 g/mol. The molecule has 0 radical (unpaired) electrons. The molecule has 34 heavy (non-hydrogen) atoms. The highest BCUT2D eigenvalue weighted by Gasteiger charge is 2.51. The normalized spacial score (nSPS) is 14.4. The van der Waals surface area contributed by atoms with Crippen molar-refractivity contribution in [2.45, 2.75) is 31.1 Å². The highest BCUT2D eigenvalue weighted by atomic mass is 19.4. The quantitative estimate of drug-likeness (QED) is 0.383. The lowest BCUT2D eigenvalue weighted by molar-refractivity contribution is -0.137. The molecule has 178 valence electrons. The van der Waals surface area contributed by atoms with Crippen molar-refractivity contribution < 1.29 is 31.7 Å². The fourth-order valence-corrected chi connectivity index (χ4v) is 3.17. The molecule has 1 saturated carbocycles. The molecule has 5 N–H and O–H groups in total. The molecule has 1 aliphatic rings. The van der Waals surface area contributed by atoms with E-state index in [1.54, 1.807) is 0 Å². The minimum atomic E-state index is -4.74. The lowest BCUT2D eigenvalue weighted by Crippen LogP contribution is -2.48. The number of benzene rings is 1. The van der Waals surface area contributed by atoms with Gasteiger partial charge in [-0.2, -0.15) is 13.2 Å². The molecule has 3 aromatic rings. The van der Waals surface area contributed by atoms with Crippen molar-refractivity contribution in [3.8, 4) is 0 Å². The first-order chi connectivity index (χ1) is 16.1. The predicted octanol–water partition coefficient (Wildman–Crippen LogP) is 3.13. The molecule has 4 rings (SSSR count). The van der Waals surface area contributed by atoms with Crippen LogP contribution in [0.1, 0.15) is 34.7 Å². The first-order valence-corrected chi connectivity index (χ1v) is 9.97. The van der Waals surface area contributed by atoms with Crippen molar-refractivity contribution in [3.63, 3.8) is 0 Å². The summed E-state index contributed by atoms with van der Waals surface area (Å²) in [5, 5.41) is 11.3. The molecule has 0 unspecified atom stereocenters. The summed E-state index contributed by atoms with van der Waals surface area (Å²) >= 11 is 0. The van der Waals surface area contributed by atoms with E-state index in [1.165, 1.54) is 24.4 Å². The molecule has 9 nitrogen and oxygen atoms in total. The van der Waals surface area contributed by atoms with Gasteiger partial charge < -0.3 is 26.2 Å². The Kier molecular flexibility index (Phi) is 5.85. The summed E-state index contributed by atoms with van der Waals surface area (Å²) in [6.07, 6.45) is -2.59. The van der Waals surface area contributed by atoms with E-state index in [0.29, 0.717) is 24.6 Å². The van der Waals surface area contributed by atoms with E-state index >= 15 is 0 Å². The minimum absolute atomic E-state index is 0.0241. The fraction of sp³-hybridized carbons (Fsp3) is 0.238. The van der Waals surface area contributed by atoms with Crippen LogP contribution in [0.5, 0.6) is 0 Å². The van der Waals surface area contributed by atoms with Crippen LogP contribution >= 0.6 is 0 Å². The molecular weight excluding hydrogens is 460 g/mol. The lowest BCUT2D eigenvalue weighted by atomic mass is 10.1. The second kappa shape index (κ2) is 8.65. The Bertz CT molecular complexity index is 1220. The molecule has 1 aliphatic carbocycles. The maximum atomic E-state index is 13.3. The first kappa shape index (κ1) is 23.0. The maximum Gasteiger partial charge on any atom is 0.418 e. The number of aromatic nitrogens is 2. The van der Waals surface area contributed by atoms with Crippen LogP contribution in [0.15, 0.2) is 47.1 Å². The molecule has 0 saturated heterocycles. The Morgan fingerprint density at radius 2 is 1.91 bits per heavy atom. The van der Waals surface area contributed by atoms with Gasteiger partial charge in [0.05, 0.1) is 35.4 Å². The fourth-order valence-electron chi connectivity index (χ4n) is 3.17. The number of carbonyl (C=O) groups excluding carboxylic acids is 2. The molecule has 0 aliphatic heterocycles. The molecular formula is C21H18F4N6O3. The van der Waals surface area contributed by atoms with Crippen molar-refractivity contribution >= 4 is 29.0 Å². The first-order valence-electron chi connectivity index (χ1n) is 9.97. The minimum Gasteiger partial charge on any atom is -0.381 e. The third-order valence-corrected chi connectivity index (χ3v) is 5.11. The largest absolute Gasteiger partial charge is 0.418 e. The van der Waals surface area contributed by atoms with Crippen LogP contribution in [0.3, 0.4) is 0 Å². The van der Waals surface area contributed by atoms with Gasteiger partial charge in [0.15, 0.2) is 5.82 Å². The smallest absolute Gasteiger partial charge is 0.381 e. The van der Waals surface area contributed by atoms with E-state index in [2.05, 4.69) is 26.1 Å². The number of hydrogen-bond donors (Lipinski definition) is 4. The number of hydrogen-bond acceptors (Lipinski definition) is 7. The zero-order valence-electron chi connectivity index (χ0n) is 17.4. The highest BCUT2D eigenvalue weighted by Crippen LogP contribution is 2.37. The van der Waals surface area contributed by atoms with Gasteiger partial charge in [-0.15, -0.1) is 0 Å². The Morgan fingerprint density at radius 1 is 1.15 bits per heavy atom. The van der Waals surface area contributed by atoms with Gasteiger partial charge in [0.25, 0.3) is 5.91 Å². The second-order valence-corrected chi connectivity index (χ2v) is 7.69. The van der Waals surface area contributed by atoms with Gasteiger partial charge in [-0.3, -0.25) is 14.6 Å². The van der Waals surface area contributed by atoms with Gasteiger partial charge in [0.2, 0.25) is 11.7 Å². The number of anilines is 3. The number of rotatable bonds is 7. The molecule has 2 aromatic heterocycles. The summed E-state index contributed by atoms with van der Waals surface area (Å²) in [6, 6.07) is 6.54. The van der Waals surface area contributed by atoms with Crippen molar-refractivity contribution in [2.24, 2.45) is 0 Å². The topological polar surface area (TPSA) is 135 Å². The Balaban J connectivity index is 1.35.